The molecule has 0 saturated carbocycles. The lowest BCUT2D eigenvalue weighted by molar-refractivity contribution is 0.391. The van der Waals surface area contributed by atoms with E-state index in [4.69, 9.17) is 4.74 Å². The molecular formula is C8H8N4O. The van der Waals surface area contributed by atoms with Crippen molar-refractivity contribution in [1.29, 1.82) is 0 Å². The molecule has 0 amide bonds. The van der Waals surface area contributed by atoms with Gasteiger partial charge in [0.25, 0.3) is 0 Å². The summed E-state index contributed by atoms with van der Waals surface area (Å²) < 4.78 is 6.66. The SMILES string of the molecule is COc1ccc(-n2ccnc2)nn1. The molecular weight excluding hydrogens is 168 g/mol. The Labute approximate surface area is 75.0 Å². The van der Waals surface area contributed by atoms with Crippen molar-refractivity contribution in [3.63, 3.8) is 0 Å². The van der Waals surface area contributed by atoms with Crippen molar-refractivity contribution in [3.8, 4) is 11.7 Å². The van der Waals surface area contributed by atoms with Crippen LogP contribution in [0, 0.1) is 0 Å². The molecule has 0 aromatic carbocycles. The summed E-state index contributed by atoms with van der Waals surface area (Å²) in [4.78, 5) is 3.91. The van der Waals surface area contributed by atoms with Gasteiger partial charge in [-0.05, 0) is 6.07 Å². The molecule has 13 heavy (non-hydrogen) atoms. The Kier molecular flexibility index (Phi) is 1.91. The van der Waals surface area contributed by atoms with Gasteiger partial charge in [-0.3, -0.25) is 4.57 Å². The van der Waals surface area contributed by atoms with E-state index in [-0.39, 0.29) is 0 Å². The lowest BCUT2D eigenvalue weighted by atomic mass is 10.5. The summed E-state index contributed by atoms with van der Waals surface area (Å²) in [5.41, 5.74) is 0. The fourth-order valence-corrected chi connectivity index (χ4v) is 0.954. The highest BCUT2D eigenvalue weighted by Crippen LogP contribution is 2.06. The van der Waals surface area contributed by atoms with E-state index in [0.29, 0.717) is 5.88 Å². The molecule has 5 heteroatoms. The van der Waals surface area contributed by atoms with Crippen molar-refractivity contribution in [3.05, 3.63) is 30.9 Å². The normalized spacial score (nSPS) is 9.92. The Morgan fingerprint density at radius 2 is 2.23 bits per heavy atom. The zero-order valence-corrected chi connectivity index (χ0v) is 7.08. The Morgan fingerprint density at radius 1 is 1.31 bits per heavy atom. The molecule has 0 aliphatic rings. The molecule has 2 rings (SSSR count). The van der Waals surface area contributed by atoms with E-state index in [0.717, 1.165) is 5.82 Å². The molecule has 0 saturated heterocycles. The van der Waals surface area contributed by atoms with Crippen LogP contribution in [0.2, 0.25) is 0 Å². The third kappa shape index (κ3) is 1.48. The summed E-state index contributed by atoms with van der Waals surface area (Å²) in [6, 6.07) is 3.57. The molecule has 0 unspecified atom stereocenters. The van der Waals surface area contributed by atoms with Crippen molar-refractivity contribution < 1.29 is 4.74 Å². The van der Waals surface area contributed by atoms with Gasteiger partial charge in [-0.1, -0.05) is 0 Å². The number of ether oxygens (including phenoxy) is 1. The number of imidazole rings is 1. The van der Waals surface area contributed by atoms with Crippen LogP contribution in [0.5, 0.6) is 5.88 Å². The lowest BCUT2D eigenvalue weighted by Crippen LogP contribution is -1.97. The fourth-order valence-electron chi connectivity index (χ4n) is 0.954. The van der Waals surface area contributed by atoms with E-state index in [1.165, 1.54) is 0 Å². The molecule has 0 atom stereocenters. The Hall–Kier alpha value is -1.91. The molecule has 0 bridgehead atoms. The molecule has 2 aromatic rings. The average Bonchev–Trinajstić information content (AvgIpc) is 2.71. The minimum absolute atomic E-state index is 0.504. The summed E-state index contributed by atoms with van der Waals surface area (Å²) in [5.74, 6) is 1.22. The Morgan fingerprint density at radius 3 is 2.77 bits per heavy atom. The zero-order valence-electron chi connectivity index (χ0n) is 7.08. The summed E-state index contributed by atoms with van der Waals surface area (Å²) in [6.07, 6.45) is 5.15. The number of aromatic nitrogens is 4. The molecule has 0 aliphatic carbocycles. The predicted octanol–water partition coefficient (Wildman–Crippen LogP) is 0.671. The largest absolute Gasteiger partial charge is 0.480 e. The van der Waals surface area contributed by atoms with Crippen molar-refractivity contribution in [2.75, 3.05) is 7.11 Å². The molecule has 0 radical (unpaired) electrons. The molecule has 0 fully saturated rings. The van der Waals surface area contributed by atoms with Gasteiger partial charge in [-0.25, -0.2) is 4.98 Å². The molecule has 0 spiro atoms. The van der Waals surface area contributed by atoms with E-state index in [2.05, 4.69) is 15.2 Å². The third-order valence-corrected chi connectivity index (χ3v) is 1.60. The highest BCUT2D eigenvalue weighted by Gasteiger charge is 1.97. The van der Waals surface area contributed by atoms with Gasteiger partial charge in [0.1, 0.15) is 6.33 Å². The molecule has 2 heterocycles. The van der Waals surface area contributed by atoms with Gasteiger partial charge in [0.15, 0.2) is 5.82 Å². The Bertz CT molecular complexity index is 368. The van der Waals surface area contributed by atoms with Crippen LogP contribution in [-0.4, -0.2) is 26.9 Å². The summed E-state index contributed by atoms with van der Waals surface area (Å²) in [6.45, 7) is 0. The van der Waals surface area contributed by atoms with Gasteiger partial charge in [-0.2, -0.15) is 0 Å². The predicted molar refractivity (Wildman–Crippen MR) is 45.7 cm³/mol. The number of nitrogens with zero attached hydrogens (tertiary/aromatic N) is 4. The number of rotatable bonds is 2. The van der Waals surface area contributed by atoms with Crippen LogP contribution in [-0.2, 0) is 0 Å². The minimum atomic E-state index is 0.504. The molecule has 66 valence electrons. The smallest absolute Gasteiger partial charge is 0.233 e. The third-order valence-electron chi connectivity index (χ3n) is 1.60. The maximum atomic E-state index is 4.89. The van der Waals surface area contributed by atoms with Crippen LogP contribution < -0.4 is 4.74 Å². The maximum Gasteiger partial charge on any atom is 0.233 e. The quantitative estimate of drug-likeness (QED) is 0.674. The van der Waals surface area contributed by atoms with E-state index >= 15 is 0 Å². The molecule has 0 N–H and O–H groups in total. The van der Waals surface area contributed by atoms with Crippen molar-refractivity contribution in [1.82, 2.24) is 19.7 Å². The first-order valence-electron chi connectivity index (χ1n) is 3.76. The highest BCUT2D eigenvalue weighted by atomic mass is 16.5. The topological polar surface area (TPSA) is 52.8 Å². The van der Waals surface area contributed by atoms with Crippen molar-refractivity contribution >= 4 is 0 Å². The second-order valence-electron chi connectivity index (χ2n) is 2.40. The van der Waals surface area contributed by atoms with Gasteiger partial charge in [0.2, 0.25) is 5.88 Å². The molecule has 0 aliphatic heterocycles. The minimum Gasteiger partial charge on any atom is -0.480 e. The van der Waals surface area contributed by atoms with Crippen LogP contribution in [0.4, 0.5) is 0 Å². The van der Waals surface area contributed by atoms with Crippen LogP contribution in [0.3, 0.4) is 0 Å². The Balaban J connectivity index is 2.33. The lowest BCUT2D eigenvalue weighted by Gasteiger charge is -2.00. The average molecular weight is 176 g/mol. The monoisotopic (exact) mass is 176 g/mol. The van der Waals surface area contributed by atoms with E-state index in [1.54, 1.807) is 36.5 Å². The van der Waals surface area contributed by atoms with Crippen LogP contribution in [0.1, 0.15) is 0 Å². The second kappa shape index (κ2) is 3.22. The van der Waals surface area contributed by atoms with Gasteiger partial charge in [0, 0.05) is 18.5 Å². The number of hydrogen-bond donors (Lipinski definition) is 0. The number of hydrogen-bond acceptors (Lipinski definition) is 4. The van der Waals surface area contributed by atoms with Gasteiger partial charge < -0.3 is 4.74 Å². The first-order chi connectivity index (χ1) is 6.40. The zero-order chi connectivity index (χ0) is 9.10. The summed E-state index contributed by atoms with van der Waals surface area (Å²) >= 11 is 0. The van der Waals surface area contributed by atoms with E-state index in [1.807, 2.05) is 6.07 Å². The van der Waals surface area contributed by atoms with E-state index < -0.39 is 0 Å². The first-order valence-corrected chi connectivity index (χ1v) is 3.76. The van der Waals surface area contributed by atoms with Crippen LogP contribution >= 0.6 is 0 Å². The van der Waals surface area contributed by atoms with Gasteiger partial charge >= 0.3 is 0 Å². The van der Waals surface area contributed by atoms with Gasteiger partial charge in [-0.15, -0.1) is 10.2 Å². The standard InChI is InChI=1S/C8H8N4O/c1-13-8-3-2-7(10-11-8)12-5-4-9-6-12/h2-6H,1H3. The van der Waals surface area contributed by atoms with Crippen LogP contribution in [0.25, 0.3) is 5.82 Å². The first kappa shape index (κ1) is 7.72. The molecule has 2 aromatic heterocycles. The van der Waals surface area contributed by atoms with Crippen LogP contribution in [0.15, 0.2) is 30.9 Å². The highest BCUT2D eigenvalue weighted by molar-refractivity contribution is 5.23. The second-order valence-corrected chi connectivity index (χ2v) is 2.40. The van der Waals surface area contributed by atoms with Crippen molar-refractivity contribution in [2.45, 2.75) is 0 Å². The van der Waals surface area contributed by atoms with E-state index in [9.17, 15) is 0 Å². The number of methoxy groups -OCH3 is 1. The summed E-state index contributed by atoms with van der Waals surface area (Å²) in [7, 11) is 1.56. The maximum absolute atomic E-state index is 4.89. The molecule has 5 nitrogen and oxygen atoms in total. The van der Waals surface area contributed by atoms with Crippen molar-refractivity contribution in [2.24, 2.45) is 0 Å². The summed E-state index contributed by atoms with van der Waals surface area (Å²) in [5, 5.41) is 7.77. The fraction of sp³-hybridized carbons (Fsp3) is 0.125. The van der Waals surface area contributed by atoms with Gasteiger partial charge in [0.05, 0.1) is 7.11 Å².